The molecule has 4 heteroatoms. The molecule has 0 radical (unpaired) electrons. The lowest BCUT2D eigenvalue weighted by Gasteiger charge is -2.13. The van der Waals surface area contributed by atoms with Crippen LogP contribution in [0, 0.1) is 5.82 Å². The third-order valence-corrected chi connectivity index (χ3v) is 3.06. The fourth-order valence-corrected chi connectivity index (χ4v) is 2.07. The van der Waals surface area contributed by atoms with E-state index < -0.39 is 0 Å². The van der Waals surface area contributed by atoms with E-state index in [-0.39, 0.29) is 5.82 Å². The summed E-state index contributed by atoms with van der Waals surface area (Å²) in [6, 6.07) is 7.26. The van der Waals surface area contributed by atoms with E-state index in [1.165, 1.54) is 6.07 Å². The highest BCUT2D eigenvalue weighted by molar-refractivity contribution is 5.64. The number of halogens is 1. The summed E-state index contributed by atoms with van der Waals surface area (Å²) in [5.41, 5.74) is 2.96. The maximum Gasteiger partial charge on any atom is 0.123 e. The van der Waals surface area contributed by atoms with Crippen LogP contribution in [0.2, 0.25) is 0 Å². The Bertz CT molecular complexity index is 546. The van der Waals surface area contributed by atoms with Crippen molar-refractivity contribution >= 4 is 0 Å². The third kappa shape index (κ3) is 3.20. The molecular formula is C15H20FN3. The molecule has 3 nitrogen and oxygen atoms in total. The molecule has 0 bridgehead atoms. The molecule has 102 valence electrons. The van der Waals surface area contributed by atoms with Crippen LogP contribution >= 0.6 is 0 Å². The van der Waals surface area contributed by atoms with Crippen LogP contribution in [0.25, 0.3) is 11.3 Å². The van der Waals surface area contributed by atoms with Crippen LogP contribution in [0.15, 0.2) is 30.5 Å². The Labute approximate surface area is 113 Å². The normalized spacial score (nSPS) is 11.2. The number of hydrogen-bond acceptors (Lipinski definition) is 2. The predicted molar refractivity (Wildman–Crippen MR) is 75.3 cm³/mol. The minimum absolute atomic E-state index is 0.216. The van der Waals surface area contributed by atoms with Gasteiger partial charge in [0.05, 0.1) is 5.69 Å². The zero-order valence-corrected chi connectivity index (χ0v) is 11.7. The van der Waals surface area contributed by atoms with Crippen LogP contribution in [0.1, 0.15) is 26.3 Å². The Kier molecular flexibility index (Phi) is 4.32. The smallest absolute Gasteiger partial charge is 0.123 e. The van der Waals surface area contributed by atoms with Crippen LogP contribution < -0.4 is 5.32 Å². The molecule has 1 heterocycles. The van der Waals surface area contributed by atoms with E-state index >= 15 is 0 Å². The highest BCUT2D eigenvalue weighted by Gasteiger charge is 2.11. The fraction of sp³-hybridized carbons (Fsp3) is 0.400. The second kappa shape index (κ2) is 5.97. The van der Waals surface area contributed by atoms with E-state index in [0.717, 1.165) is 29.9 Å². The van der Waals surface area contributed by atoms with Crippen molar-refractivity contribution in [3.63, 3.8) is 0 Å². The summed E-state index contributed by atoms with van der Waals surface area (Å²) in [7, 11) is 0. The van der Waals surface area contributed by atoms with E-state index in [1.807, 2.05) is 23.7 Å². The van der Waals surface area contributed by atoms with Crippen molar-refractivity contribution in [3.8, 4) is 11.3 Å². The molecule has 0 amide bonds. The van der Waals surface area contributed by atoms with E-state index in [0.29, 0.717) is 6.04 Å². The number of aryl methyl sites for hydroxylation is 1. The van der Waals surface area contributed by atoms with Gasteiger partial charge >= 0.3 is 0 Å². The van der Waals surface area contributed by atoms with E-state index in [1.54, 1.807) is 12.3 Å². The number of benzene rings is 1. The number of rotatable bonds is 5. The summed E-state index contributed by atoms with van der Waals surface area (Å²) in [5, 5.41) is 7.62. The average Bonchev–Trinajstić information content (AvgIpc) is 2.85. The number of aromatic nitrogens is 2. The van der Waals surface area contributed by atoms with Crippen LogP contribution in [-0.2, 0) is 13.1 Å². The molecule has 1 N–H and O–H groups in total. The number of nitrogens with one attached hydrogen (secondary N) is 1. The van der Waals surface area contributed by atoms with Crippen molar-refractivity contribution in [2.75, 3.05) is 0 Å². The van der Waals surface area contributed by atoms with Crippen LogP contribution in [0.5, 0.6) is 0 Å². The summed E-state index contributed by atoms with van der Waals surface area (Å²) in [6.07, 6.45) is 1.75. The summed E-state index contributed by atoms with van der Waals surface area (Å²) >= 11 is 0. The van der Waals surface area contributed by atoms with Gasteiger partial charge in [0.25, 0.3) is 0 Å². The number of hydrogen-bond donors (Lipinski definition) is 1. The van der Waals surface area contributed by atoms with Crippen LogP contribution in [-0.4, -0.2) is 15.8 Å². The number of nitrogens with zero attached hydrogens (tertiary/aromatic N) is 2. The van der Waals surface area contributed by atoms with Gasteiger partial charge in [-0.05, 0) is 30.7 Å². The Morgan fingerprint density at radius 1 is 1.32 bits per heavy atom. The molecule has 19 heavy (non-hydrogen) atoms. The first-order valence-corrected chi connectivity index (χ1v) is 6.65. The standard InChI is InChI=1S/C15H20FN3/c1-4-19-15(7-8-18-19)14-9-13(16)6-5-12(14)10-17-11(2)3/h5-9,11,17H,4,10H2,1-3H3. The monoisotopic (exact) mass is 261 g/mol. The summed E-state index contributed by atoms with van der Waals surface area (Å²) < 4.78 is 15.4. The topological polar surface area (TPSA) is 29.9 Å². The van der Waals surface area contributed by atoms with Gasteiger partial charge in [-0.2, -0.15) is 5.10 Å². The lowest BCUT2D eigenvalue weighted by Crippen LogP contribution is -2.22. The van der Waals surface area contributed by atoms with E-state index in [4.69, 9.17) is 0 Å². The second-order valence-corrected chi connectivity index (χ2v) is 4.87. The Balaban J connectivity index is 2.40. The molecule has 2 rings (SSSR count). The molecule has 0 fully saturated rings. The molecule has 1 aromatic heterocycles. The van der Waals surface area contributed by atoms with Crippen molar-refractivity contribution in [1.82, 2.24) is 15.1 Å². The Hall–Kier alpha value is -1.68. The largest absolute Gasteiger partial charge is 0.310 e. The van der Waals surface area contributed by atoms with Gasteiger partial charge in [0.1, 0.15) is 5.82 Å². The Morgan fingerprint density at radius 2 is 2.11 bits per heavy atom. The van der Waals surface area contributed by atoms with Gasteiger partial charge in [-0.1, -0.05) is 19.9 Å². The molecule has 0 spiro atoms. The first-order chi connectivity index (χ1) is 9.11. The van der Waals surface area contributed by atoms with E-state index in [9.17, 15) is 4.39 Å². The molecule has 0 unspecified atom stereocenters. The van der Waals surface area contributed by atoms with Crippen molar-refractivity contribution < 1.29 is 4.39 Å². The van der Waals surface area contributed by atoms with Crippen molar-refractivity contribution in [2.24, 2.45) is 0 Å². The van der Waals surface area contributed by atoms with Gasteiger partial charge in [0, 0.05) is 30.9 Å². The molecular weight excluding hydrogens is 241 g/mol. The maximum absolute atomic E-state index is 13.5. The van der Waals surface area contributed by atoms with Gasteiger partial charge in [-0.15, -0.1) is 0 Å². The van der Waals surface area contributed by atoms with Gasteiger partial charge in [0.2, 0.25) is 0 Å². The second-order valence-electron chi connectivity index (χ2n) is 4.87. The zero-order chi connectivity index (χ0) is 13.8. The minimum Gasteiger partial charge on any atom is -0.310 e. The van der Waals surface area contributed by atoms with Crippen LogP contribution in [0.3, 0.4) is 0 Å². The minimum atomic E-state index is -0.216. The lowest BCUT2D eigenvalue weighted by atomic mass is 10.0. The van der Waals surface area contributed by atoms with Gasteiger partial charge in [-0.3, -0.25) is 4.68 Å². The van der Waals surface area contributed by atoms with Crippen molar-refractivity contribution in [3.05, 3.63) is 41.8 Å². The first-order valence-electron chi connectivity index (χ1n) is 6.65. The molecule has 0 saturated heterocycles. The summed E-state index contributed by atoms with van der Waals surface area (Å²) in [4.78, 5) is 0. The summed E-state index contributed by atoms with van der Waals surface area (Å²) in [5.74, 6) is -0.216. The third-order valence-electron chi connectivity index (χ3n) is 3.06. The molecule has 0 aliphatic rings. The lowest BCUT2D eigenvalue weighted by molar-refractivity contribution is 0.586. The summed E-state index contributed by atoms with van der Waals surface area (Å²) in [6.45, 7) is 7.72. The molecule has 0 aliphatic carbocycles. The first kappa shape index (κ1) is 13.7. The maximum atomic E-state index is 13.5. The Morgan fingerprint density at radius 3 is 2.79 bits per heavy atom. The van der Waals surface area contributed by atoms with Gasteiger partial charge in [-0.25, -0.2) is 4.39 Å². The molecule has 2 aromatic rings. The fourth-order valence-electron chi connectivity index (χ4n) is 2.07. The SMILES string of the molecule is CCn1nccc1-c1cc(F)ccc1CNC(C)C. The van der Waals surface area contributed by atoms with Crippen molar-refractivity contribution in [1.29, 1.82) is 0 Å². The highest BCUT2D eigenvalue weighted by atomic mass is 19.1. The molecule has 0 aliphatic heterocycles. The van der Waals surface area contributed by atoms with Crippen LogP contribution in [0.4, 0.5) is 4.39 Å². The zero-order valence-electron chi connectivity index (χ0n) is 11.7. The van der Waals surface area contributed by atoms with Gasteiger partial charge in [0.15, 0.2) is 0 Å². The van der Waals surface area contributed by atoms with Gasteiger partial charge < -0.3 is 5.32 Å². The van der Waals surface area contributed by atoms with E-state index in [2.05, 4.69) is 24.3 Å². The quantitative estimate of drug-likeness (QED) is 0.895. The molecule has 0 atom stereocenters. The molecule has 1 aromatic carbocycles. The highest BCUT2D eigenvalue weighted by Crippen LogP contribution is 2.24. The predicted octanol–water partition coefficient (Wildman–Crippen LogP) is 3.21. The average molecular weight is 261 g/mol. The molecule has 0 saturated carbocycles. The van der Waals surface area contributed by atoms with Crippen molar-refractivity contribution in [2.45, 2.75) is 39.9 Å².